The lowest BCUT2D eigenvalue weighted by atomic mass is 9.99. The van der Waals surface area contributed by atoms with Gasteiger partial charge in [0.15, 0.2) is 0 Å². The number of carboxylic acids is 1. The van der Waals surface area contributed by atoms with Gasteiger partial charge in [-0.25, -0.2) is 0 Å². The van der Waals surface area contributed by atoms with Crippen LogP contribution in [-0.2, 0) is 11.2 Å². The number of allylic oxidation sites excluding steroid dienone is 2. The predicted octanol–water partition coefficient (Wildman–Crippen LogP) is 4.15. The molecule has 0 aliphatic carbocycles. The first-order valence-electron chi connectivity index (χ1n) is 6.47. The molecule has 1 aromatic carbocycles. The second-order valence-corrected chi connectivity index (χ2v) is 5.11. The van der Waals surface area contributed by atoms with Gasteiger partial charge >= 0.3 is 5.97 Å². The van der Waals surface area contributed by atoms with Crippen LogP contribution in [0.5, 0.6) is 0 Å². The third kappa shape index (κ3) is 5.17. The number of carboxylic acid groups (broad SMARTS) is 1. The minimum atomic E-state index is -0.744. The lowest BCUT2D eigenvalue weighted by Gasteiger charge is -2.07. The average Bonchev–Trinajstić information content (AvgIpc) is 2.28. The maximum absolute atomic E-state index is 10.4. The van der Waals surface area contributed by atoms with Crippen molar-refractivity contribution in [1.29, 1.82) is 0 Å². The summed E-state index contributed by atoms with van der Waals surface area (Å²) in [6, 6.07) is 8.54. The highest BCUT2D eigenvalue weighted by atomic mass is 16.4. The van der Waals surface area contributed by atoms with Crippen molar-refractivity contribution in [3.05, 3.63) is 41.5 Å². The van der Waals surface area contributed by atoms with Crippen LogP contribution in [0.15, 0.2) is 30.3 Å². The summed E-state index contributed by atoms with van der Waals surface area (Å²) in [5.41, 5.74) is 3.67. The van der Waals surface area contributed by atoms with Gasteiger partial charge in [0.2, 0.25) is 0 Å². The van der Waals surface area contributed by atoms with E-state index in [0.29, 0.717) is 12.3 Å². The molecule has 0 fully saturated rings. The third-order valence-electron chi connectivity index (χ3n) is 2.86. The molecule has 2 nitrogen and oxygen atoms in total. The third-order valence-corrected chi connectivity index (χ3v) is 2.86. The number of rotatable bonds is 6. The highest BCUT2D eigenvalue weighted by Gasteiger charge is 2.00. The van der Waals surface area contributed by atoms with Crippen LogP contribution in [0.1, 0.15) is 44.7 Å². The molecule has 0 saturated heterocycles. The molecule has 18 heavy (non-hydrogen) atoms. The van der Waals surface area contributed by atoms with Crippen LogP contribution < -0.4 is 0 Å². The van der Waals surface area contributed by atoms with E-state index in [1.807, 2.05) is 13.0 Å². The molecule has 0 aliphatic rings. The van der Waals surface area contributed by atoms with E-state index in [4.69, 9.17) is 5.11 Å². The first-order valence-corrected chi connectivity index (χ1v) is 6.47. The van der Waals surface area contributed by atoms with Gasteiger partial charge in [-0.2, -0.15) is 0 Å². The van der Waals surface area contributed by atoms with Crippen molar-refractivity contribution in [1.82, 2.24) is 0 Å². The molecule has 0 atom stereocenters. The average molecular weight is 246 g/mol. The van der Waals surface area contributed by atoms with Crippen molar-refractivity contribution in [2.45, 2.75) is 40.0 Å². The molecular formula is C16H22O2. The lowest BCUT2D eigenvalue weighted by molar-refractivity contribution is -0.136. The van der Waals surface area contributed by atoms with E-state index in [1.54, 1.807) is 0 Å². The normalized spacial score (nSPS) is 11.9. The highest BCUT2D eigenvalue weighted by Crippen LogP contribution is 2.17. The molecule has 0 heterocycles. The molecule has 1 N–H and O–H groups in total. The summed E-state index contributed by atoms with van der Waals surface area (Å²) in [6.45, 7) is 6.45. The van der Waals surface area contributed by atoms with Crippen molar-refractivity contribution in [2.24, 2.45) is 5.92 Å². The minimum Gasteiger partial charge on any atom is -0.481 e. The Morgan fingerprint density at radius 3 is 2.39 bits per heavy atom. The van der Waals surface area contributed by atoms with Crippen molar-refractivity contribution in [3.8, 4) is 0 Å². The van der Waals surface area contributed by atoms with E-state index in [0.717, 1.165) is 12.0 Å². The SMILES string of the molecule is C/C(=C\CCC(=O)O)c1ccc(CC(C)C)cc1. The molecule has 0 radical (unpaired) electrons. The number of carbonyl (C=O) groups is 1. The smallest absolute Gasteiger partial charge is 0.303 e. The zero-order valence-corrected chi connectivity index (χ0v) is 11.4. The first-order chi connectivity index (χ1) is 8.49. The fourth-order valence-corrected chi connectivity index (χ4v) is 1.91. The van der Waals surface area contributed by atoms with Gasteiger partial charge in [0.25, 0.3) is 0 Å². The van der Waals surface area contributed by atoms with Crippen molar-refractivity contribution in [2.75, 3.05) is 0 Å². The molecule has 2 heteroatoms. The number of hydrogen-bond acceptors (Lipinski definition) is 1. The van der Waals surface area contributed by atoms with Gasteiger partial charge < -0.3 is 5.11 Å². The minimum absolute atomic E-state index is 0.197. The van der Waals surface area contributed by atoms with Gasteiger partial charge in [0.1, 0.15) is 0 Å². The van der Waals surface area contributed by atoms with Gasteiger partial charge in [0.05, 0.1) is 0 Å². The predicted molar refractivity (Wildman–Crippen MR) is 75.5 cm³/mol. The molecule has 0 spiro atoms. The number of aliphatic carboxylic acids is 1. The molecule has 0 unspecified atom stereocenters. The summed E-state index contributed by atoms with van der Waals surface area (Å²) < 4.78 is 0. The molecule has 1 aromatic rings. The summed E-state index contributed by atoms with van der Waals surface area (Å²) in [4.78, 5) is 10.4. The Balaban J connectivity index is 2.63. The van der Waals surface area contributed by atoms with Crippen LogP contribution in [0.3, 0.4) is 0 Å². The maximum Gasteiger partial charge on any atom is 0.303 e. The Morgan fingerprint density at radius 2 is 1.89 bits per heavy atom. The van der Waals surface area contributed by atoms with Gasteiger partial charge in [-0.05, 0) is 42.4 Å². The summed E-state index contributed by atoms with van der Waals surface area (Å²) >= 11 is 0. The molecule has 0 bridgehead atoms. The van der Waals surface area contributed by atoms with Crippen LogP contribution in [0.2, 0.25) is 0 Å². The monoisotopic (exact) mass is 246 g/mol. The van der Waals surface area contributed by atoms with E-state index in [9.17, 15) is 4.79 Å². The Labute approximate surface area is 109 Å². The summed E-state index contributed by atoms with van der Waals surface area (Å²) in [7, 11) is 0. The Bertz CT molecular complexity index is 413. The summed E-state index contributed by atoms with van der Waals surface area (Å²) in [5.74, 6) is -0.0746. The van der Waals surface area contributed by atoms with Gasteiger partial charge in [0, 0.05) is 6.42 Å². The summed E-state index contributed by atoms with van der Waals surface area (Å²) in [5, 5.41) is 8.59. The first kappa shape index (κ1) is 14.5. The highest BCUT2D eigenvalue weighted by molar-refractivity contribution is 5.68. The van der Waals surface area contributed by atoms with E-state index in [1.165, 1.54) is 11.1 Å². The van der Waals surface area contributed by atoms with Crippen LogP contribution in [0, 0.1) is 5.92 Å². The molecule has 98 valence electrons. The second-order valence-electron chi connectivity index (χ2n) is 5.11. The van der Waals surface area contributed by atoms with Crippen LogP contribution >= 0.6 is 0 Å². The van der Waals surface area contributed by atoms with Crippen LogP contribution in [-0.4, -0.2) is 11.1 Å². The Morgan fingerprint density at radius 1 is 1.28 bits per heavy atom. The van der Waals surface area contributed by atoms with E-state index >= 15 is 0 Å². The van der Waals surface area contributed by atoms with E-state index in [2.05, 4.69) is 38.1 Å². The molecule has 0 saturated carbocycles. The lowest BCUT2D eigenvalue weighted by Crippen LogP contribution is -1.94. The number of hydrogen-bond donors (Lipinski definition) is 1. The van der Waals surface area contributed by atoms with Crippen LogP contribution in [0.4, 0.5) is 0 Å². The molecule has 0 aromatic heterocycles. The largest absolute Gasteiger partial charge is 0.481 e. The fourth-order valence-electron chi connectivity index (χ4n) is 1.91. The van der Waals surface area contributed by atoms with Crippen molar-refractivity contribution >= 4 is 11.5 Å². The molecule has 1 rings (SSSR count). The van der Waals surface area contributed by atoms with E-state index < -0.39 is 5.97 Å². The molecule has 0 amide bonds. The Hall–Kier alpha value is -1.57. The zero-order chi connectivity index (χ0) is 13.5. The molecular weight excluding hydrogens is 224 g/mol. The van der Waals surface area contributed by atoms with E-state index in [-0.39, 0.29) is 6.42 Å². The zero-order valence-electron chi connectivity index (χ0n) is 11.4. The van der Waals surface area contributed by atoms with Crippen molar-refractivity contribution in [3.63, 3.8) is 0 Å². The standard InChI is InChI=1S/C16H22O2/c1-12(2)11-14-7-9-15(10-8-14)13(3)5-4-6-16(17)18/h5,7-10,12H,4,6,11H2,1-3H3,(H,17,18)/b13-5+. The van der Waals surface area contributed by atoms with Gasteiger partial charge in [-0.15, -0.1) is 0 Å². The topological polar surface area (TPSA) is 37.3 Å². The summed E-state index contributed by atoms with van der Waals surface area (Å²) in [6.07, 6.45) is 3.88. The van der Waals surface area contributed by atoms with Gasteiger partial charge in [-0.3, -0.25) is 4.79 Å². The number of benzene rings is 1. The second kappa shape index (κ2) is 7.00. The maximum atomic E-state index is 10.4. The molecule has 0 aliphatic heterocycles. The van der Waals surface area contributed by atoms with Gasteiger partial charge in [-0.1, -0.05) is 44.2 Å². The quantitative estimate of drug-likeness (QED) is 0.818. The fraction of sp³-hybridized carbons (Fsp3) is 0.438. The van der Waals surface area contributed by atoms with Crippen molar-refractivity contribution < 1.29 is 9.90 Å². The Kier molecular flexibility index (Phi) is 5.63. The van der Waals surface area contributed by atoms with Crippen LogP contribution in [0.25, 0.3) is 5.57 Å².